The van der Waals surface area contributed by atoms with Gasteiger partial charge < -0.3 is 14.3 Å². The second-order valence-corrected chi connectivity index (χ2v) is 4.86. The third kappa shape index (κ3) is 3.26. The van der Waals surface area contributed by atoms with Gasteiger partial charge in [0.1, 0.15) is 11.6 Å². The molecular weight excluding hydrogens is 238 g/mol. The number of nitrogens with one attached hydrogen (secondary N) is 1. The molecule has 0 aliphatic rings. The van der Waals surface area contributed by atoms with E-state index in [1.807, 2.05) is 25.6 Å². The lowest BCUT2D eigenvalue weighted by Crippen LogP contribution is -2.26. The molecule has 0 aliphatic carbocycles. The average molecular weight is 261 g/mol. The Balaban J connectivity index is 2.28. The predicted molar refractivity (Wildman–Crippen MR) is 76.1 cm³/mol. The highest BCUT2D eigenvalue weighted by atomic mass is 16.3. The lowest BCUT2D eigenvalue weighted by Gasteiger charge is -2.18. The zero-order valence-corrected chi connectivity index (χ0v) is 12.0. The lowest BCUT2D eigenvalue weighted by atomic mass is 10.1. The lowest BCUT2D eigenvalue weighted by molar-refractivity contribution is 0.507. The van der Waals surface area contributed by atoms with E-state index in [4.69, 9.17) is 4.42 Å². The van der Waals surface area contributed by atoms with E-state index in [1.54, 1.807) is 0 Å². The summed E-state index contributed by atoms with van der Waals surface area (Å²) in [4.78, 5) is 4.53. The van der Waals surface area contributed by atoms with Gasteiger partial charge in [0.05, 0.1) is 12.3 Å². The summed E-state index contributed by atoms with van der Waals surface area (Å²) in [7, 11) is 0. The maximum absolute atomic E-state index is 5.45. The standard InChI is InChI=1S/C15H23N3O/c1-4-6-16-14(13-10-12(3)19-11-13)15-17-7-9-18(15)8-5-2/h7,9-11,14,16H,4-6,8H2,1-3H3. The van der Waals surface area contributed by atoms with E-state index in [0.717, 1.165) is 43.1 Å². The van der Waals surface area contributed by atoms with Gasteiger partial charge in [0, 0.05) is 24.5 Å². The summed E-state index contributed by atoms with van der Waals surface area (Å²) in [5.74, 6) is 2.00. The molecule has 1 N–H and O–H groups in total. The molecule has 19 heavy (non-hydrogen) atoms. The molecule has 104 valence electrons. The number of aromatic nitrogens is 2. The van der Waals surface area contributed by atoms with Crippen LogP contribution in [0.2, 0.25) is 0 Å². The minimum absolute atomic E-state index is 0.110. The van der Waals surface area contributed by atoms with Crippen molar-refractivity contribution in [3.05, 3.63) is 41.9 Å². The summed E-state index contributed by atoms with van der Waals surface area (Å²) in [5.41, 5.74) is 1.15. The number of rotatable bonds is 7. The highest BCUT2D eigenvalue weighted by Crippen LogP contribution is 2.23. The first-order valence-electron chi connectivity index (χ1n) is 7.05. The van der Waals surface area contributed by atoms with Gasteiger partial charge in [-0.3, -0.25) is 0 Å². The molecule has 4 heteroatoms. The largest absolute Gasteiger partial charge is 0.469 e. The van der Waals surface area contributed by atoms with Gasteiger partial charge >= 0.3 is 0 Å². The van der Waals surface area contributed by atoms with Crippen molar-refractivity contribution < 1.29 is 4.42 Å². The van der Waals surface area contributed by atoms with Crippen molar-refractivity contribution in [2.24, 2.45) is 0 Å². The van der Waals surface area contributed by atoms with Gasteiger partial charge in [0.2, 0.25) is 0 Å². The van der Waals surface area contributed by atoms with E-state index < -0.39 is 0 Å². The number of hydrogen-bond acceptors (Lipinski definition) is 3. The van der Waals surface area contributed by atoms with Crippen molar-refractivity contribution in [3.8, 4) is 0 Å². The molecule has 0 aliphatic heterocycles. The zero-order chi connectivity index (χ0) is 13.7. The SMILES string of the molecule is CCCNC(c1coc(C)c1)c1nccn1CCC. The molecule has 0 saturated carbocycles. The quantitative estimate of drug-likeness (QED) is 0.831. The first-order valence-corrected chi connectivity index (χ1v) is 7.05. The molecule has 2 heterocycles. The van der Waals surface area contributed by atoms with Crippen LogP contribution in [-0.2, 0) is 6.54 Å². The Morgan fingerprint density at radius 2 is 2.21 bits per heavy atom. The van der Waals surface area contributed by atoms with Crippen molar-refractivity contribution in [2.75, 3.05) is 6.54 Å². The van der Waals surface area contributed by atoms with Gasteiger partial charge in [-0.25, -0.2) is 4.98 Å². The molecule has 1 unspecified atom stereocenters. The fourth-order valence-electron chi connectivity index (χ4n) is 2.27. The van der Waals surface area contributed by atoms with Crippen molar-refractivity contribution in [2.45, 2.75) is 46.2 Å². The van der Waals surface area contributed by atoms with E-state index >= 15 is 0 Å². The van der Waals surface area contributed by atoms with Crippen LogP contribution in [0.25, 0.3) is 0 Å². The molecule has 4 nitrogen and oxygen atoms in total. The molecule has 1 atom stereocenters. The molecule has 0 bridgehead atoms. The van der Waals surface area contributed by atoms with E-state index in [9.17, 15) is 0 Å². The molecule has 0 saturated heterocycles. The number of aryl methyl sites for hydroxylation is 2. The smallest absolute Gasteiger partial charge is 0.130 e. The van der Waals surface area contributed by atoms with Gasteiger partial charge in [-0.2, -0.15) is 0 Å². The van der Waals surface area contributed by atoms with Crippen LogP contribution in [0.15, 0.2) is 29.1 Å². The maximum atomic E-state index is 5.45. The third-order valence-corrected chi connectivity index (χ3v) is 3.15. The van der Waals surface area contributed by atoms with E-state index in [1.165, 1.54) is 0 Å². The Labute approximate surface area is 114 Å². The third-order valence-electron chi connectivity index (χ3n) is 3.15. The molecule has 0 fully saturated rings. The van der Waals surface area contributed by atoms with Crippen LogP contribution in [0.1, 0.15) is 49.9 Å². The second-order valence-electron chi connectivity index (χ2n) is 4.86. The summed E-state index contributed by atoms with van der Waals surface area (Å²) in [5, 5.41) is 3.56. The first-order chi connectivity index (χ1) is 9.26. The summed E-state index contributed by atoms with van der Waals surface area (Å²) in [6.07, 6.45) is 7.95. The van der Waals surface area contributed by atoms with Crippen LogP contribution >= 0.6 is 0 Å². The predicted octanol–water partition coefficient (Wildman–Crippen LogP) is 3.28. The van der Waals surface area contributed by atoms with Crippen LogP contribution in [0.3, 0.4) is 0 Å². The monoisotopic (exact) mass is 261 g/mol. The average Bonchev–Trinajstić information content (AvgIpc) is 3.01. The van der Waals surface area contributed by atoms with E-state index in [-0.39, 0.29) is 6.04 Å². The van der Waals surface area contributed by atoms with Crippen LogP contribution in [-0.4, -0.2) is 16.1 Å². The molecule has 2 rings (SSSR count). The van der Waals surface area contributed by atoms with Crippen LogP contribution < -0.4 is 5.32 Å². The topological polar surface area (TPSA) is 43.0 Å². The van der Waals surface area contributed by atoms with Crippen molar-refractivity contribution in [3.63, 3.8) is 0 Å². The van der Waals surface area contributed by atoms with Crippen LogP contribution in [0.4, 0.5) is 0 Å². The summed E-state index contributed by atoms with van der Waals surface area (Å²) >= 11 is 0. The molecule has 2 aromatic rings. The van der Waals surface area contributed by atoms with Gasteiger partial charge in [-0.05, 0) is 32.4 Å². The van der Waals surface area contributed by atoms with Gasteiger partial charge in [-0.1, -0.05) is 13.8 Å². The second kappa shape index (κ2) is 6.57. The molecule has 2 aromatic heterocycles. The Bertz CT molecular complexity index is 501. The van der Waals surface area contributed by atoms with Crippen molar-refractivity contribution >= 4 is 0 Å². The molecule has 0 amide bonds. The molecular formula is C15H23N3O. The minimum Gasteiger partial charge on any atom is -0.469 e. The zero-order valence-electron chi connectivity index (χ0n) is 12.0. The van der Waals surface area contributed by atoms with Crippen LogP contribution in [0.5, 0.6) is 0 Å². The highest BCUT2D eigenvalue weighted by molar-refractivity contribution is 5.23. The van der Waals surface area contributed by atoms with Crippen molar-refractivity contribution in [1.29, 1.82) is 0 Å². The summed E-state index contributed by atoms with van der Waals surface area (Å²) in [6.45, 7) is 8.28. The van der Waals surface area contributed by atoms with E-state index in [0.29, 0.717) is 0 Å². The van der Waals surface area contributed by atoms with Gasteiger partial charge in [0.15, 0.2) is 0 Å². The van der Waals surface area contributed by atoms with Crippen molar-refractivity contribution in [1.82, 2.24) is 14.9 Å². The van der Waals surface area contributed by atoms with E-state index in [2.05, 4.69) is 34.8 Å². The first kappa shape index (κ1) is 13.9. The Morgan fingerprint density at radius 3 is 2.84 bits per heavy atom. The Hall–Kier alpha value is -1.55. The fraction of sp³-hybridized carbons (Fsp3) is 0.533. The Morgan fingerprint density at radius 1 is 1.37 bits per heavy atom. The highest BCUT2D eigenvalue weighted by Gasteiger charge is 2.19. The minimum atomic E-state index is 0.110. The number of nitrogens with zero attached hydrogens (tertiary/aromatic N) is 2. The molecule has 0 aromatic carbocycles. The molecule has 0 radical (unpaired) electrons. The number of furan rings is 1. The number of hydrogen-bond donors (Lipinski definition) is 1. The fourth-order valence-corrected chi connectivity index (χ4v) is 2.27. The Kier molecular flexibility index (Phi) is 4.80. The normalized spacial score (nSPS) is 12.8. The van der Waals surface area contributed by atoms with Gasteiger partial charge in [0.25, 0.3) is 0 Å². The number of imidazole rings is 1. The molecule has 0 spiro atoms. The maximum Gasteiger partial charge on any atom is 0.130 e. The van der Waals surface area contributed by atoms with Gasteiger partial charge in [-0.15, -0.1) is 0 Å². The summed E-state index contributed by atoms with van der Waals surface area (Å²) < 4.78 is 7.66. The summed E-state index contributed by atoms with van der Waals surface area (Å²) in [6, 6.07) is 2.19. The van der Waals surface area contributed by atoms with Crippen LogP contribution in [0, 0.1) is 6.92 Å².